The third kappa shape index (κ3) is 1.37. The van der Waals surface area contributed by atoms with Crippen LogP contribution in [0.5, 0.6) is 0 Å². The van der Waals surface area contributed by atoms with E-state index in [9.17, 15) is 0 Å². The summed E-state index contributed by atoms with van der Waals surface area (Å²) in [5.74, 6) is 0. The maximum atomic E-state index is 5.75. The van der Waals surface area contributed by atoms with Gasteiger partial charge < -0.3 is 4.74 Å². The zero-order chi connectivity index (χ0) is 7.84. The summed E-state index contributed by atoms with van der Waals surface area (Å²) in [6, 6.07) is 2.02. The number of halogens is 1. The van der Waals surface area contributed by atoms with Gasteiger partial charge in [-0.15, -0.1) is 0 Å². The van der Waals surface area contributed by atoms with Crippen LogP contribution in [-0.4, -0.2) is 11.6 Å². The summed E-state index contributed by atoms with van der Waals surface area (Å²) in [7, 11) is 0. The molecule has 3 heteroatoms. The molecule has 11 heavy (non-hydrogen) atoms. The molecule has 1 aromatic heterocycles. The second kappa shape index (κ2) is 2.47. The van der Waals surface area contributed by atoms with Gasteiger partial charge in [0.2, 0.25) is 0 Å². The Morgan fingerprint density at radius 2 is 2.45 bits per heavy atom. The average molecular weight is 170 g/mol. The molecule has 2 nitrogen and oxygen atoms in total. The number of nitrogens with zero attached hydrogens (tertiary/aromatic N) is 1. The molecule has 1 atom stereocenters. The van der Waals surface area contributed by atoms with E-state index in [1.807, 2.05) is 13.0 Å². The first-order chi connectivity index (χ1) is 5.27. The van der Waals surface area contributed by atoms with Gasteiger partial charge in [0.1, 0.15) is 11.3 Å². The van der Waals surface area contributed by atoms with Crippen LogP contribution in [-0.2, 0) is 4.74 Å². The van der Waals surface area contributed by atoms with Crippen LogP contribution in [0.15, 0.2) is 12.3 Å². The van der Waals surface area contributed by atoms with Gasteiger partial charge in [0.05, 0.1) is 6.61 Å². The van der Waals surface area contributed by atoms with Gasteiger partial charge in [-0.2, -0.15) is 0 Å². The summed E-state index contributed by atoms with van der Waals surface area (Å²) in [6.45, 7) is 2.77. The van der Waals surface area contributed by atoms with Crippen LogP contribution in [0.2, 0.25) is 5.15 Å². The SMILES string of the molecule is Cc1cc(C2CO2)cnc1Cl. The monoisotopic (exact) mass is 169 g/mol. The predicted octanol–water partition coefficient (Wildman–Crippen LogP) is 2.11. The second-order valence-electron chi connectivity index (χ2n) is 2.70. The molecule has 2 rings (SSSR count). The Hall–Kier alpha value is -0.600. The molecule has 1 saturated heterocycles. The number of aryl methyl sites for hydroxylation is 1. The molecule has 1 unspecified atom stereocenters. The highest BCUT2D eigenvalue weighted by molar-refractivity contribution is 6.30. The Morgan fingerprint density at radius 3 is 3.00 bits per heavy atom. The Labute approximate surface area is 70.2 Å². The van der Waals surface area contributed by atoms with Crippen molar-refractivity contribution in [3.63, 3.8) is 0 Å². The predicted molar refractivity (Wildman–Crippen MR) is 42.7 cm³/mol. The summed E-state index contributed by atoms with van der Waals surface area (Å²) >= 11 is 5.75. The minimum absolute atomic E-state index is 0.276. The molecule has 0 aromatic carbocycles. The molecule has 0 aliphatic carbocycles. The van der Waals surface area contributed by atoms with E-state index in [0.29, 0.717) is 5.15 Å². The fourth-order valence-electron chi connectivity index (χ4n) is 0.996. The topological polar surface area (TPSA) is 25.4 Å². The fraction of sp³-hybridized carbons (Fsp3) is 0.375. The normalized spacial score (nSPS) is 21.8. The van der Waals surface area contributed by atoms with Gasteiger partial charge in [0.25, 0.3) is 0 Å². The van der Waals surface area contributed by atoms with Crippen LogP contribution < -0.4 is 0 Å². The third-order valence-electron chi connectivity index (χ3n) is 1.74. The van der Waals surface area contributed by atoms with Crippen LogP contribution in [0.4, 0.5) is 0 Å². The van der Waals surface area contributed by atoms with Crippen molar-refractivity contribution < 1.29 is 4.74 Å². The van der Waals surface area contributed by atoms with Gasteiger partial charge in [-0.3, -0.25) is 0 Å². The van der Waals surface area contributed by atoms with E-state index in [2.05, 4.69) is 4.98 Å². The molecule has 0 N–H and O–H groups in total. The quantitative estimate of drug-likeness (QED) is 0.475. The molecular formula is C8H8ClNO. The van der Waals surface area contributed by atoms with E-state index in [0.717, 1.165) is 17.7 Å². The number of pyridine rings is 1. The van der Waals surface area contributed by atoms with E-state index in [1.54, 1.807) is 6.20 Å². The molecule has 1 aliphatic heterocycles. The number of ether oxygens (including phenoxy) is 1. The van der Waals surface area contributed by atoms with Gasteiger partial charge in [0.15, 0.2) is 0 Å². The number of hydrogen-bond acceptors (Lipinski definition) is 2. The maximum Gasteiger partial charge on any atom is 0.131 e. The summed E-state index contributed by atoms with van der Waals surface area (Å²) in [6.07, 6.45) is 2.05. The van der Waals surface area contributed by atoms with Crippen LogP contribution in [0.1, 0.15) is 17.2 Å². The van der Waals surface area contributed by atoms with Crippen LogP contribution in [0, 0.1) is 6.92 Å². The minimum atomic E-state index is 0.276. The van der Waals surface area contributed by atoms with E-state index < -0.39 is 0 Å². The van der Waals surface area contributed by atoms with Gasteiger partial charge >= 0.3 is 0 Å². The Kier molecular flexibility index (Phi) is 1.59. The first-order valence-electron chi connectivity index (χ1n) is 3.51. The third-order valence-corrected chi connectivity index (χ3v) is 2.14. The molecule has 1 aliphatic rings. The van der Waals surface area contributed by atoms with E-state index >= 15 is 0 Å². The summed E-state index contributed by atoms with van der Waals surface area (Å²) in [5, 5.41) is 0.578. The van der Waals surface area contributed by atoms with E-state index in [-0.39, 0.29) is 6.10 Å². The summed E-state index contributed by atoms with van der Waals surface area (Å²) < 4.78 is 5.11. The Bertz CT molecular complexity index is 283. The highest BCUT2D eigenvalue weighted by atomic mass is 35.5. The lowest BCUT2D eigenvalue weighted by Gasteiger charge is -1.98. The number of hydrogen-bond donors (Lipinski definition) is 0. The molecule has 1 aromatic rings. The molecule has 58 valence electrons. The van der Waals surface area contributed by atoms with E-state index in [4.69, 9.17) is 16.3 Å². The average Bonchev–Trinajstić information content (AvgIpc) is 2.77. The summed E-state index contributed by atoms with van der Waals surface area (Å²) in [4.78, 5) is 4.03. The van der Waals surface area contributed by atoms with Crippen LogP contribution >= 0.6 is 11.6 Å². The van der Waals surface area contributed by atoms with Crippen molar-refractivity contribution in [1.82, 2.24) is 4.98 Å². The zero-order valence-corrected chi connectivity index (χ0v) is 6.93. The summed E-state index contributed by atoms with van der Waals surface area (Å²) in [5.41, 5.74) is 2.14. The van der Waals surface area contributed by atoms with Crippen molar-refractivity contribution in [1.29, 1.82) is 0 Å². The molecule has 2 heterocycles. The molecule has 0 spiro atoms. The fourth-order valence-corrected chi connectivity index (χ4v) is 1.10. The Morgan fingerprint density at radius 1 is 1.73 bits per heavy atom. The molecule has 0 radical (unpaired) electrons. The van der Waals surface area contributed by atoms with Gasteiger partial charge in [-0.05, 0) is 18.6 Å². The first-order valence-corrected chi connectivity index (χ1v) is 3.89. The molecular weight excluding hydrogens is 162 g/mol. The van der Waals surface area contributed by atoms with Gasteiger partial charge in [-0.25, -0.2) is 4.98 Å². The lowest BCUT2D eigenvalue weighted by Crippen LogP contribution is -1.86. The van der Waals surface area contributed by atoms with Crippen LogP contribution in [0.25, 0.3) is 0 Å². The number of aromatic nitrogens is 1. The Balaban J connectivity index is 2.36. The molecule has 1 fully saturated rings. The smallest absolute Gasteiger partial charge is 0.131 e. The van der Waals surface area contributed by atoms with Crippen molar-refractivity contribution >= 4 is 11.6 Å². The first kappa shape index (κ1) is 7.07. The highest BCUT2D eigenvalue weighted by Crippen LogP contribution is 2.30. The van der Waals surface area contributed by atoms with Crippen LogP contribution in [0.3, 0.4) is 0 Å². The van der Waals surface area contributed by atoms with Crippen molar-refractivity contribution in [2.24, 2.45) is 0 Å². The molecule has 0 saturated carbocycles. The molecule has 0 amide bonds. The maximum absolute atomic E-state index is 5.75. The largest absolute Gasteiger partial charge is 0.368 e. The lowest BCUT2D eigenvalue weighted by molar-refractivity contribution is 0.415. The van der Waals surface area contributed by atoms with E-state index in [1.165, 1.54) is 0 Å². The molecule has 0 bridgehead atoms. The second-order valence-corrected chi connectivity index (χ2v) is 3.06. The minimum Gasteiger partial charge on any atom is -0.368 e. The van der Waals surface area contributed by atoms with Gasteiger partial charge in [-0.1, -0.05) is 11.6 Å². The zero-order valence-electron chi connectivity index (χ0n) is 6.17. The van der Waals surface area contributed by atoms with Crippen molar-refractivity contribution in [2.45, 2.75) is 13.0 Å². The number of epoxide rings is 1. The van der Waals surface area contributed by atoms with Crippen molar-refractivity contribution in [3.8, 4) is 0 Å². The van der Waals surface area contributed by atoms with Crippen molar-refractivity contribution in [2.75, 3.05) is 6.61 Å². The van der Waals surface area contributed by atoms with Gasteiger partial charge in [0, 0.05) is 11.8 Å². The number of rotatable bonds is 1. The standard InChI is InChI=1S/C8H8ClNO/c1-5-2-6(7-4-11-7)3-10-8(5)9/h2-3,7H,4H2,1H3. The lowest BCUT2D eigenvalue weighted by atomic mass is 10.2. The van der Waals surface area contributed by atoms with Crippen molar-refractivity contribution in [3.05, 3.63) is 28.5 Å². The highest BCUT2D eigenvalue weighted by Gasteiger charge is 2.25.